The summed E-state index contributed by atoms with van der Waals surface area (Å²) in [5, 5.41) is 2.88. The fraction of sp³-hybridized carbons (Fsp3) is 0.562. The SMILES string of the molecule is CC1CCCC(CNC(=O)OCc2ccccc2)C1. The van der Waals surface area contributed by atoms with E-state index in [0.29, 0.717) is 12.5 Å². The number of benzene rings is 1. The van der Waals surface area contributed by atoms with Gasteiger partial charge in [-0.15, -0.1) is 0 Å². The summed E-state index contributed by atoms with van der Waals surface area (Å²) in [6, 6.07) is 9.75. The van der Waals surface area contributed by atoms with E-state index in [1.165, 1.54) is 25.7 Å². The molecule has 2 atom stereocenters. The zero-order valence-electron chi connectivity index (χ0n) is 11.6. The number of hydrogen-bond donors (Lipinski definition) is 1. The van der Waals surface area contributed by atoms with Crippen LogP contribution < -0.4 is 5.32 Å². The highest BCUT2D eigenvalue weighted by Crippen LogP contribution is 2.27. The van der Waals surface area contributed by atoms with Crippen molar-refractivity contribution in [1.82, 2.24) is 5.32 Å². The molecular formula is C16H23NO2. The molecule has 0 aliphatic heterocycles. The van der Waals surface area contributed by atoms with Crippen molar-refractivity contribution in [3.05, 3.63) is 35.9 Å². The molecule has 2 unspecified atom stereocenters. The third-order valence-corrected chi connectivity index (χ3v) is 3.79. The quantitative estimate of drug-likeness (QED) is 0.896. The average Bonchev–Trinajstić information content (AvgIpc) is 2.44. The zero-order chi connectivity index (χ0) is 13.5. The van der Waals surface area contributed by atoms with Gasteiger partial charge in [0.1, 0.15) is 6.61 Å². The molecule has 1 N–H and O–H groups in total. The van der Waals surface area contributed by atoms with E-state index in [0.717, 1.165) is 18.0 Å². The first-order valence-electron chi connectivity index (χ1n) is 7.18. The minimum absolute atomic E-state index is 0.304. The standard InChI is InChI=1S/C16H23NO2/c1-13-6-5-9-15(10-13)11-17-16(18)19-12-14-7-3-2-4-8-14/h2-4,7-8,13,15H,5-6,9-12H2,1H3,(H,17,18). The van der Waals surface area contributed by atoms with Gasteiger partial charge < -0.3 is 10.1 Å². The van der Waals surface area contributed by atoms with Crippen molar-refractivity contribution in [2.75, 3.05) is 6.54 Å². The molecule has 1 aliphatic rings. The van der Waals surface area contributed by atoms with Crippen molar-refractivity contribution in [3.63, 3.8) is 0 Å². The Hall–Kier alpha value is -1.51. The lowest BCUT2D eigenvalue weighted by molar-refractivity contribution is 0.136. The third kappa shape index (κ3) is 4.93. The molecule has 104 valence electrons. The van der Waals surface area contributed by atoms with Gasteiger partial charge in [0.05, 0.1) is 0 Å². The number of hydrogen-bond acceptors (Lipinski definition) is 2. The molecule has 0 aromatic heterocycles. The lowest BCUT2D eigenvalue weighted by atomic mass is 9.82. The van der Waals surface area contributed by atoms with Crippen molar-refractivity contribution in [2.45, 2.75) is 39.2 Å². The van der Waals surface area contributed by atoms with Crippen LogP contribution in [0.3, 0.4) is 0 Å². The van der Waals surface area contributed by atoms with Crippen LogP contribution in [0.1, 0.15) is 38.2 Å². The van der Waals surface area contributed by atoms with Crippen LogP contribution in [-0.4, -0.2) is 12.6 Å². The predicted octanol–water partition coefficient (Wildman–Crippen LogP) is 3.74. The molecule has 1 amide bonds. The minimum atomic E-state index is -0.304. The number of amides is 1. The topological polar surface area (TPSA) is 38.3 Å². The van der Waals surface area contributed by atoms with Crippen LogP contribution in [0.25, 0.3) is 0 Å². The number of nitrogens with one attached hydrogen (secondary N) is 1. The second kappa shape index (κ2) is 7.17. The van der Waals surface area contributed by atoms with Gasteiger partial charge in [-0.25, -0.2) is 4.79 Å². The summed E-state index contributed by atoms with van der Waals surface area (Å²) in [6.45, 7) is 3.38. The number of carbonyl (C=O) groups is 1. The number of carbonyl (C=O) groups excluding carboxylic acids is 1. The molecule has 19 heavy (non-hydrogen) atoms. The third-order valence-electron chi connectivity index (χ3n) is 3.79. The fourth-order valence-corrected chi connectivity index (χ4v) is 2.75. The number of ether oxygens (including phenoxy) is 1. The highest BCUT2D eigenvalue weighted by molar-refractivity contribution is 5.67. The van der Waals surface area contributed by atoms with Crippen molar-refractivity contribution in [2.24, 2.45) is 11.8 Å². The van der Waals surface area contributed by atoms with Crippen molar-refractivity contribution < 1.29 is 9.53 Å². The molecule has 1 aromatic rings. The average molecular weight is 261 g/mol. The number of rotatable bonds is 4. The first kappa shape index (κ1) is 13.9. The molecule has 0 spiro atoms. The Kier molecular flexibility index (Phi) is 5.25. The molecule has 0 radical (unpaired) electrons. The Bertz CT molecular complexity index is 391. The van der Waals surface area contributed by atoms with E-state index < -0.39 is 0 Å². The zero-order valence-corrected chi connectivity index (χ0v) is 11.6. The summed E-state index contributed by atoms with van der Waals surface area (Å²) in [4.78, 5) is 11.6. The highest BCUT2D eigenvalue weighted by atomic mass is 16.5. The summed E-state index contributed by atoms with van der Waals surface area (Å²) >= 11 is 0. The molecular weight excluding hydrogens is 238 g/mol. The van der Waals surface area contributed by atoms with Crippen LogP contribution in [0.2, 0.25) is 0 Å². The van der Waals surface area contributed by atoms with Gasteiger partial charge in [0, 0.05) is 6.54 Å². The summed E-state index contributed by atoms with van der Waals surface area (Å²) < 4.78 is 5.20. The molecule has 0 bridgehead atoms. The van der Waals surface area contributed by atoms with Gasteiger partial charge in [0.25, 0.3) is 0 Å². The van der Waals surface area contributed by atoms with Gasteiger partial charge in [-0.3, -0.25) is 0 Å². The van der Waals surface area contributed by atoms with Crippen molar-refractivity contribution in [1.29, 1.82) is 0 Å². The van der Waals surface area contributed by atoms with E-state index in [-0.39, 0.29) is 6.09 Å². The predicted molar refractivity (Wildman–Crippen MR) is 75.8 cm³/mol. The van der Waals surface area contributed by atoms with E-state index in [1.807, 2.05) is 30.3 Å². The lowest BCUT2D eigenvalue weighted by Crippen LogP contribution is -2.31. The maximum atomic E-state index is 11.6. The molecule has 1 aromatic carbocycles. The Morgan fingerprint density at radius 1 is 1.32 bits per heavy atom. The van der Waals surface area contributed by atoms with Crippen LogP contribution in [0.4, 0.5) is 4.79 Å². The maximum Gasteiger partial charge on any atom is 0.407 e. The normalized spacial score (nSPS) is 22.8. The van der Waals surface area contributed by atoms with Gasteiger partial charge in [-0.05, 0) is 30.2 Å². The Balaban J connectivity index is 1.64. The van der Waals surface area contributed by atoms with Gasteiger partial charge >= 0.3 is 6.09 Å². The van der Waals surface area contributed by atoms with Gasteiger partial charge in [0.2, 0.25) is 0 Å². The van der Waals surface area contributed by atoms with Gasteiger partial charge in [-0.2, -0.15) is 0 Å². The highest BCUT2D eigenvalue weighted by Gasteiger charge is 2.19. The number of alkyl carbamates (subject to hydrolysis) is 1. The van der Waals surface area contributed by atoms with E-state index in [2.05, 4.69) is 12.2 Å². The second-order valence-corrected chi connectivity index (χ2v) is 5.58. The van der Waals surface area contributed by atoms with Crippen molar-refractivity contribution in [3.8, 4) is 0 Å². The summed E-state index contributed by atoms with van der Waals surface area (Å²) in [5.41, 5.74) is 1.02. The fourth-order valence-electron chi connectivity index (χ4n) is 2.75. The Morgan fingerprint density at radius 3 is 2.84 bits per heavy atom. The molecule has 1 saturated carbocycles. The largest absolute Gasteiger partial charge is 0.445 e. The van der Waals surface area contributed by atoms with E-state index in [1.54, 1.807) is 0 Å². The molecule has 3 heteroatoms. The second-order valence-electron chi connectivity index (χ2n) is 5.58. The first-order chi connectivity index (χ1) is 9.24. The smallest absolute Gasteiger partial charge is 0.407 e. The van der Waals surface area contributed by atoms with E-state index in [4.69, 9.17) is 4.74 Å². The van der Waals surface area contributed by atoms with Crippen LogP contribution in [0.5, 0.6) is 0 Å². The van der Waals surface area contributed by atoms with Crippen LogP contribution in [0.15, 0.2) is 30.3 Å². The Morgan fingerprint density at radius 2 is 2.11 bits per heavy atom. The van der Waals surface area contributed by atoms with Gasteiger partial charge in [0.15, 0.2) is 0 Å². The monoisotopic (exact) mass is 261 g/mol. The molecule has 0 saturated heterocycles. The Labute approximate surface area is 115 Å². The molecule has 0 heterocycles. The van der Waals surface area contributed by atoms with E-state index >= 15 is 0 Å². The van der Waals surface area contributed by atoms with Crippen LogP contribution in [-0.2, 0) is 11.3 Å². The maximum absolute atomic E-state index is 11.6. The van der Waals surface area contributed by atoms with E-state index in [9.17, 15) is 4.79 Å². The van der Waals surface area contributed by atoms with Gasteiger partial charge in [-0.1, -0.05) is 50.1 Å². The summed E-state index contributed by atoms with van der Waals surface area (Å²) in [5.74, 6) is 1.41. The summed E-state index contributed by atoms with van der Waals surface area (Å²) in [6.07, 6.45) is 4.76. The lowest BCUT2D eigenvalue weighted by Gasteiger charge is -2.26. The molecule has 3 nitrogen and oxygen atoms in total. The first-order valence-corrected chi connectivity index (χ1v) is 7.18. The minimum Gasteiger partial charge on any atom is -0.445 e. The summed E-state index contributed by atoms with van der Waals surface area (Å²) in [7, 11) is 0. The van der Waals surface area contributed by atoms with Crippen LogP contribution >= 0.6 is 0 Å². The van der Waals surface area contributed by atoms with Crippen molar-refractivity contribution >= 4 is 6.09 Å². The molecule has 2 rings (SSSR count). The molecule has 1 aliphatic carbocycles. The van der Waals surface area contributed by atoms with Crippen LogP contribution in [0, 0.1) is 11.8 Å². The molecule has 1 fully saturated rings.